The molecule has 0 saturated carbocycles. The molecule has 1 atom stereocenters. The summed E-state index contributed by atoms with van der Waals surface area (Å²) in [5.74, 6) is 1.62. The van der Waals surface area contributed by atoms with Gasteiger partial charge in [0.2, 0.25) is 0 Å². The summed E-state index contributed by atoms with van der Waals surface area (Å²) in [6.07, 6.45) is -3.32. The van der Waals surface area contributed by atoms with Gasteiger partial charge in [0.05, 0.1) is 13.7 Å². The second kappa shape index (κ2) is 12.0. The summed E-state index contributed by atoms with van der Waals surface area (Å²) in [6.45, 7) is 3.70. The smallest absolute Gasteiger partial charge is 0.401 e. The molecule has 29 heavy (non-hydrogen) atoms. The predicted molar refractivity (Wildman–Crippen MR) is 121 cm³/mol. The summed E-state index contributed by atoms with van der Waals surface area (Å²) < 4.78 is 43.4. The molecule has 0 amide bonds. The van der Waals surface area contributed by atoms with E-state index in [2.05, 4.69) is 15.2 Å². The van der Waals surface area contributed by atoms with Crippen LogP contribution in [0.1, 0.15) is 18.9 Å². The maximum absolute atomic E-state index is 12.7. The van der Waals surface area contributed by atoms with Crippen LogP contribution in [0.15, 0.2) is 23.2 Å². The first-order chi connectivity index (χ1) is 13.3. The molecule has 1 aromatic carbocycles. The van der Waals surface area contributed by atoms with Crippen molar-refractivity contribution < 1.29 is 17.9 Å². The molecule has 1 N–H and O–H groups in total. The minimum atomic E-state index is -4.16. The number of rotatable bonds is 7. The van der Waals surface area contributed by atoms with Gasteiger partial charge in [-0.1, -0.05) is 24.6 Å². The Morgan fingerprint density at radius 2 is 2.14 bits per heavy atom. The van der Waals surface area contributed by atoms with Crippen LogP contribution in [-0.2, 0) is 6.54 Å². The van der Waals surface area contributed by atoms with E-state index in [4.69, 9.17) is 16.3 Å². The van der Waals surface area contributed by atoms with Crippen molar-refractivity contribution in [1.82, 2.24) is 15.1 Å². The number of methoxy groups -OCH3 is 1. The average Bonchev–Trinajstić information content (AvgIpc) is 3.09. The van der Waals surface area contributed by atoms with Gasteiger partial charge in [-0.15, -0.1) is 24.0 Å². The normalized spacial score (nSPS) is 17.4. The Balaban J connectivity index is 0.00000420. The van der Waals surface area contributed by atoms with E-state index in [0.717, 1.165) is 24.5 Å². The van der Waals surface area contributed by atoms with E-state index in [1.165, 1.54) is 4.90 Å². The second-order valence-electron chi connectivity index (χ2n) is 6.90. The Bertz CT molecular complexity index is 675. The zero-order chi connectivity index (χ0) is 20.7. The van der Waals surface area contributed by atoms with Gasteiger partial charge in [-0.05, 0) is 31.0 Å². The van der Waals surface area contributed by atoms with Crippen LogP contribution in [0.25, 0.3) is 0 Å². The fourth-order valence-electron chi connectivity index (χ4n) is 3.47. The lowest BCUT2D eigenvalue weighted by molar-refractivity contribution is -0.146. The van der Waals surface area contributed by atoms with E-state index in [1.54, 1.807) is 33.2 Å². The topological polar surface area (TPSA) is 40.1 Å². The van der Waals surface area contributed by atoms with Gasteiger partial charge in [0, 0.05) is 43.8 Å². The number of halogens is 5. The van der Waals surface area contributed by atoms with Gasteiger partial charge in [0.15, 0.2) is 5.96 Å². The number of benzene rings is 1. The van der Waals surface area contributed by atoms with Crippen LogP contribution < -0.4 is 10.1 Å². The molecule has 0 radical (unpaired) electrons. The van der Waals surface area contributed by atoms with Gasteiger partial charge >= 0.3 is 6.18 Å². The summed E-state index contributed by atoms with van der Waals surface area (Å²) in [5.41, 5.74) is 0.950. The molecule has 1 fully saturated rings. The number of ether oxygens (including phenoxy) is 1. The third-order valence-electron chi connectivity index (χ3n) is 4.85. The molecule has 166 valence electrons. The molecule has 1 heterocycles. The number of hydrogen-bond acceptors (Lipinski definition) is 3. The number of hydrogen-bond donors (Lipinski definition) is 1. The maximum Gasteiger partial charge on any atom is 0.401 e. The quantitative estimate of drug-likeness (QED) is 0.314. The molecule has 10 heteroatoms. The molecule has 0 aliphatic carbocycles. The van der Waals surface area contributed by atoms with Gasteiger partial charge in [-0.25, -0.2) is 0 Å². The SMILES string of the molecule is CCN(CC1CCN(C(=NC)NCc2ccc(Cl)cc2OC)C1)CC(F)(F)F.I. The third kappa shape index (κ3) is 8.37. The zero-order valence-corrected chi connectivity index (χ0v) is 20.0. The van der Waals surface area contributed by atoms with Crippen LogP contribution in [0.5, 0.6) is 5.75 Å². The Labute approximate surface area is 192 Å². The lowest BCUT2D eigenvalue weighted by atomic mass is 10.1. The van der Waals surface area contributed by atoms with Gasteiger partial charge in [-0.2, -0.15) is 13.2 Å². The fraction of sp³-hybridized carbons (Fsp3) is 0.632. The zero-order valence-electron chi connectivity index (χ0n) is 16.9. The van der Waals surface area contributed by atoms with Crippen molar-refractivity contribution in [2.45, 2.75) is 26.1 Å². The molecule has 1 aromatic rings. The van der Waals surface area contributed by atoms with E-state index in [1.807, 2.05) is 6.07 Å². The van der Waals surface area contributed by atoms with Crippen molar-refractivity contribution in [1.29, 1.82) is 0 Å². The molecule has 5 nitrogen and oxygen atoms in total. The molecule has 0 spiro atoms. The van der Waals surface area contributed by atoms with Crippen LogP contribution in [0, 0.1) is 5.92 Å². The molecular weight excluding hydrogens is 520 g/mol. The van der Waals surface area contributed by atoms with Gasteiger partial charge in [-0.3, -0.25) is 9.89 Å². The number of aliphatic imine (C=N–C) groups is 1. The molecule has 1 aliphatic heterocycles. The summed E-state index contributed by atoms with van der Waals surface area (Å²) in [5, 5.41) is 3.91. The monoisotopic (exact) mass is 548 g/mol. The first-order valence-corrected chi connectivity index (χ1v) is 9.70. The number of nitrogens with one attached hydrogen (secondary N) is 1. The standard InChI is InChI=1S/C19H28ClF3N4O.HI/c1-4-26(13-19(21,22)23)11-14-7-8-27(12-14)18(24-2)25-10-15-5-6-16(20)9-17(15)28-3;/h5-6,9,14H,4,7-8,10-13H2,1-3H3,(H,24,25);1H. The maximum atomic E-state index is 12.7. The van der Waals surface area contributed by atoms with Crippen molar-refractivity contribution in [2.75, 3.05) is 46.9 Å². The van der Waals surface area contributed by atoms with Crippen LogP contribution >= 0.6 is 35.6 Å². The molecule has 2 rings (SSSR count). The third-order valence-corrected chi connectivity index (χ3v) is 5.08. The molecule has 1 saturated heterocycles. The van der Waals surface area contributed by atoms with E-state index < -0.39 is 12.7 Å². The van der Waals surface area contributed by atoms with Crippen LogP contribution in [-0.4, -0.2) is 68.8 Å². The molecule has 0 aromatic heterocycles. The first kappa shape index (κ1) is 26.1. The van der Waals surface area contributed by atoms with Crippen LogP contribution in [0.2, 0.25) is 5.02 Å². The number of guanidine groups is 1. The predicted octanol–water partition coefficient (Wildman–Crippen LogP) is 4.25. The van der Waals surface area contributed by atoms with E-state index >= 15 is 0 Å². The van der Waals surface area contributed by atoms with Crippen molar-refractivity contribution in [3.63, 3.8) is 0 Å². The van der Waals surface area contributed by atoms with Crippen LogP contribution in [0.4, 0.5) is 13.2 Å². The Kier molecular flexibility index (Phi) is 10.8. The van der Waals surface area contributed by atoms with Crippen molar-refractivity contribution in [3.8, 4) is 5.75 Å². The lowest BCUT2D eigenvalue weighted by Gasteiger charge is -2.26. The van der Waals surface area contributed by atoms with Gasteiger partial charge in [0.1, 0.15) is 5.75 Å². The van der Waals surface area contributed by atoms with Crippen molar-refractivity contribution >= 4 is 41.5 Å². The molecular formula is C19H29ClF3IN4O. The summed E-state index contributed by atoms with van der Waals surface area (Å²) >= 11 is 5.99. The molecule has 1 aliphatic rings. The Morgan fingerprint density at radius 3 is 2.72 bits per heavy atom. The average molecular weight is 549 g/mol. The van der Waals surface area contributed by atoms with Crippen molar-refractivity contribution in [3.05, 3.63) is 28.8 Å². The minimum Gasteiger partial charge on any atom is -0.496 e. The highest BCUT2D eigenvalue weighted by Gasteiger charge is 2.33. The fourth-order valence-corrected chi connectivity index (χ4v) is 3.63. The highest BCUT2D eigenvalue weighted by Crippen LogP contribution is 2.24. The van der Waals surface area contributed by atoms with Gasteiger partial charge in [0.25, 0.3) is 0 Å². The number of nitrogens with zero attached hydrogens (tertiary/aromatic N) is 3. The van der Waals surface area contributed by atoms with E-state index in [-0.39, 0.29) is 29.9 Å². The summed E-state index contributed by atoms with van der Waals surface area (Å²) in [4.78, 5) is 7.88. The summed E-state index contributed by atoms with van der Waals surface area (Å²) in [7, 11) is 3.30. The molecule has 0 bridgehead atoms. The van der Waals surface area contributed by atoms with Crippen molar-refractivity contribution in [2.24, 2.45) is 10.9 Å². The Hall–Kier alpha value is -0.940. The lowest BCUT2D eigenvalue weighted by Crippen LogP contribution is -2.41. The van der Waals surface area contributed by atoms with Gasteiger partial charge < -0.3 is 15.0 Å². The first-order valence-electron chi connectivity index (χ1n) is 9.32. The highest BCUT2D eigenvalue weighted by molar-refractivity contribution is 14.0. The number of likely N-dealkylation sites (tertiary alicyclic amines) is 1. The van der Waals surface area contributed by atoms with E-state index in [0.29, 0.717) is 37.0 Å². The second-order valence-corrected chi connectivity index (χ2v) is 7.34. The Morgan fingerprint density at radius 1 is 1.41 bits per heavy atom. The summed E-state index contributed by atoms with van der Waals surface area (Å²) in [6, 6.07) is 5.45. The largest absolute Gasteiger partial charge is 0.496 e. The minimum absolute atomic E-state index is 0. The van der Waals surface area contributed by atoms with Crippen LogP contribution in [0.3, 0.4) is 0 Å². The van der Waals surface area contributed by atoms with E-state index in [9.17, 15) is 13.2 Å². The molecule has 1 unspecified atom stereocenters. The highest BCUT2D eigenvalue weighted by atomic mass is 127. The number of alkyl halides is 3.